The van der Waals surface area contributed by atoms with Gasteiger partial charge in [0.15, 0.2) is 10.8 Å². The lowest BCUT2D eigenvalue weighted by Crippen LogP contribution is -2.36. The molecular formula is C16H14Cl2N4O2S. The topological polar surface area (TPSA) is 60.2 Å². The number of thiazole rings is 1. The van der Waals surface area contributed by atoms with Gasteiger partial charge >= 0.3 is 0 Å². The van der Waals surface area contributed by atoms with Gasteiger partial charge in [-0.25, -0.2) is 4.98 Å². The first kappa shape index (κ1) is 16.8. The van der Waals surface area contributed by atoms with E-state index in [9.17, 15) is 4.79 Å². The van der Waals surface area contributed by atoms with Crippen molar-refractivity contribution in [2.75, 3.05) is 31.2 Å². The lowest BCUT2D eigenvalue weighted by molar-refractivity contribution is 0.122. The molecule has 0 radical (unpaired) electrons. The number of anilines is 1. The van der Waals surface area contributed by atoms with Crippen molar-refractivity contribution in [3.05, 3.63) is 50.5 Å². The van der Waals surface area contributed by atoms with Crippen LogP contribution in [0.2, 0.25) is 10.0 Å². The summed E-state index contributed by atoms with van der Waals surface area (Å²) in [5, 5.41) is 1.81. The Kier molecular flexibility index (Phi) is 4.64. The third-order valence-corrected chi connectivity index (χ3v) is 5.98. The number of benzene rings is 1. The van der Waals surface area contributed by atoms with E-state index in [-0.39, 0.29) is 5.56 Å². The molecule has 1 saturated heterocycles. The Morgan fingerprint density at radius 2 is 2.04 bits per heavy atom. The summed E-state index contributed by atoms with van der Waals surface area (Å²) in [6.07, 6.45) is 1.50. The van der Waals surface area contributed by atoms with Crippen molar-refractivity contribution in [3.63, 3.8) is 0 Å². The van der Waals surface area contributed by atoms with Crippen molar-refractivity contribution in [2.24, 2.45) is 0 Å². The minimum absolute atomic E-state index is 0.263. The molecule has 0 amide bonds. The molecule has 3 heterocycles. The predicted octanol–water partition coefficient (Wildman–Crippen LogP) is 3.04. The molecule has 0 atom stereocenters. The van der Waals surface area contributed by atoms with Crippen LogP contribution in [0.1, 0.15) is 5.56 Å². The zero-order valence-electron chi connectivity index (χ0n) is 13.1. The van der Waals surface area contributed by atoms with Crippen molar-refractivity contribution in [1.82, 2.24) is 14.5 Å². The molecule has 0 aliphatic carbocycles. The van der Waals surface area contributed by atoms with Crippen LogP contribution in [-0.2, 0) is 11.3 Å². The highest BCUT2D eigenvalue weighted by Gasteiger charge is 2.19. The van der Waals surface area contributed by atoms with Gasteiger partial charge in [0.2, 0.25) is 0 Å². The molecule has 0 unspecified atom stereocenters. The molecule has 1 aliphatic rings. The normalized spacial score (nSPS) is 15.0. The zero-order valence-corrected chi connectivity index (χ0v) is 15.4. The van der Waals surface area contributed by atoms with E-state index in [4.69, 9.17) is 27.9 Å². The minimum atomic E-state index is -0.263. The first-order chi connectivity index (χ1) is 12.1. The van der Waals surface area contributed by atoms with Gasteiger partial charge in [0.25, 0.3) is 5.56 Å². The average Bonchev–Trinajstić information content (AvgIpc) is 3.08. The van der Waals surface area contributed by atoms with Gasteiger partial charge in [-0.15, -0.1) is 0 Å². The summed E-state index contributed by atoms with van der Waals surface area (Å²) in [7, 11) is 0. The van der Waals surface area contributed by atoms with Gasteiger partial charge in [-0.2, -0.15) is 4.98 Å². The molecule has 2 aromatic heterocycles. The fraction of sp³-hybridized carbons (Fsp3) is 0.312. The molecule has 1 aromatic carbocycles. The lowest BCUT2D eigenvalue weighted by atomic mass is 10.2. The second-order valence-corrected chi connectivity index (χ2v) is 7.40. The predicted molar refractivity (Wildman–Crippen MR) is 100 cm³/mol. The Morgan fingerprint density at radius 1 is 1.24 bits per heavy atom. The van der Waals surface area contributed by atoms with E-state index < -0.39 is 0 Å². The second-order valence-electron chi connectivity index (χ2n) is 5.64. The maximum atomic E-state index is 12.2. The van der Waals surface area contributed by atoms with Crippen molar-refractivity contribution in [2.45, 2.75) is 6.54 Å². The summed E-state index contributed by atoms with van der Waals surface area (Å²) < 4.78 is 7.75. The number of hydrogen-bond donors (Lipinski definition) is 0. The molecule has 4 rings (SSSR count). The van der Waals surface area contributed by atoms with Crippen LogP contribution >= 0.6 is 34.5 Å². The average molecular weight is 397 g/mol. The summed E-state index contributed by atoms with van der Waals surface area (Å²) in [4.78, 5) is 22.9. The Morgan fingerprint density at radius 3 is 2.84 bits per heavy atom. The number of ether oxygens (including phenoxy) is 1. The molecular weight excluding hydrogens is 383 g/mol. The number of halogens is 2. The largest absolute Gasteiger partial charge is 0.378 e. The summed E-state index contributed by atoms with van der Waals surface area (Å²) >= 11 is 13.7. The number of nitrogens with zero attached hydrogens (tertiary/aromatic N) is 4. The van der Waals surface area contributed by atoms with Crippen LogP contribution in [0.3, 0.4) is 0 Å². The Bertz CT molecular complexity index is 982. The summed E-state index contributed by atoms with van der Waals surface area (Å²) in [6.45, 7) is 3.30. The SMILES string of the molecule is O=c1ncn(Cc2cccc(Cl)c2Cl)c2nc(N3CCOCC3)sc12. The van der Waals surface area contributed by atoms with E-state index in [0.29, 0.717) is 40.2 Å². The highest BCUT2D eigenvalue weighted by Crippen LogP contribution is 2.29. The smallest absolute Gasteiger partial charge is 0.292 e. The van der Waals surface area contributed by atoms with Crippen LogP contribution in [0.15, 0.2) is 29.3 Å². The number of rotatable bonds is 3. The van der Waals surface area contributed by atoms with Crippen molar-refractivity contribution >= 4 is 50.0 Å². The second kappa shape index (κ2) is 6.92. The van der Waals surface area contributed by atoms with Crippen LogP contribution in [0, 0.1) is 0 Å². The molecule has 0 saturated carbocycles. The van der Waals surface area contributed by atoms with Crippen molar-refractivity contribution < 1.29 is 4.74 Å². The molecule has 6 nitrogen and oxygen atoms in total. The van der Waals surface area contributed by atoms with E-state index >= 15 is 0 Å². The number of aromatic nitrogens is 3. The van der Waals surface area contributed by atoms with Gasteiger partial charge in [0.05, 0.1) is 29.8 Å². The van der Waals surface area contributed by atoms with E-state index in [0.717, 1.165) is 23.8 Å². The van der Waals surface area contributed by atoms with E-state index in [2.05, 4.69) is 14.9 Å². The Labute approximate surface area is 157 Å². The van der Waals surface area contributed by atoms with Crippen LogP contribution in [-0.4, -0.2) is 40.8 Å². The molecule has 0 bridgehead atoms. The summed E-state index contributed by atoms with van der Waals surface area (Å²) in [6, 6.07) is 5.48. The van der Waals surface area contributed by atoms with E-state index in [1.165, 1.54) is 17.7 Å². The van der Waals surface area contributed by atoms with Gasteiger partial charge in [-0.1, -0.05) is 46.7 Å². The van der Waals surface area contributed by atoms with Crippen LogP contribution < -0.4 is 10.5 Å². The molecule has 9 heteroatoms. The van der Waals surface area contributed by atoms with Gasteiger partial charge < -0.3 is 14.2 Å². The fourth-order valence-electron chi connectivity index (χ4n) is 2.73. The van der Waals surface area contributed by atoms with Crippen LogP contribution in [0.5, 0.6) is 0 Å². The van der Waals surface area contributed by atoms with E-state index in [1.807, 2.05) is 16.7 Å². The Balaban J connectivity index is 1.76. The monoisotopic (exact) mass is 396 g/mol. The highest BCUT2D eigenvalue weighted by molar-refractivity contribution is 7.22. The van der Waals surface area contributed by atoms with Gasteiger partial charge in [-0.05, 0) is 11.6 Å². The first-order valence-electron chi connectivity index (χ1n) is 7.75. The van der Waals surface area contributed by atoms with E-state index in [1.54, 1.807) is 6.07 Å². The van der Waals surface area contributed by atoms with Crippen molar-refractivity contribution in [3.8, 4) is 0 Å². The molecule has 0 spiro atoms. The molecule has 3 aromatic rings. The quantitative estimate of drug-likeness (QED) is 0.680. The molecule has 25 heavy (non-hydrogen) atoms. The zero-order chi connectivity index (χ0) is 17.4. The number of morpholine rings is 1. The molecule has 130 valence electrons. The third-order valence-electron chi connectivity index (χ3n) is 4.03. The standard InChI is InChI=1S/C16H14Cl2N4O2S/c17-11-3-1-2-10(12(11)18)8-22-9-19-15(23)13-14(22)20-16(25-13)21-4-6-24-7-5-21/h1-3,9H,4-8H2. The molecule has 0 N–H and O–H groups in total. The lowest BCUT2D eigenvalue weighted by Gasteiger charge is -2.25. The highest BCUT2D eigenvalue weighted by atomic mass is 35.5. The minimum Gasteiger partial charge on any atom is -0.378 e. The summed E-state index contributed by atoms with van der Waals surface area (Å²) in [5.74, 6) is 0. The number of hydrogen-bond acceptors (Lipinski definition) is 6. The molecule has 1 aliphatic heterocycles. The fourth-order valence-corrected chi connectivity index (χ4v) is 4.13. The van der Waals surface area contributed by atoms with Gasteiger partial charge in [0, 0.05) is 13.1 Å². The molecule has 1 fully saturated rings. The first-order valence-corrected chi connectivity index (χ1v) is 9.32. The van der Waals surface area contributed by atoms with Crippen LogP contribution in [0.4, 0.5) is 5.13 Å². The van der Waals surface area contributed by atoms with Gasteiger partial charge in [0.1, 0.15) is 11.0 Å². The van der Waals surface area contributed by atoms with Crippen LogP contribution in [0.25, 0.3) is 10.3 Å². The van der Waals surface area contributed by atoms with Gasteiger partial charge in [-0.3, -0.25) is 4.79 Å². The Hall–Kier alpha value is -1.67. The third kappa shape index (κ3) is 3.25. The van der Waals surface area contributed by atoms with Crippen molar-refractivity contribution in [1.29, 1.82) is 0 Å². The number of fused-ring (bicyclic) bond motifs is 1. The maximum Gasteiger partial charge on any atom is 0.292 e. The maximum absolute atomic E-state index is 12.2. The summed E-state index contributed by atoms with van der Waals surface area (Å²) in [5.41, 5.74) is 1.20.